The fourth-order valence-electron chi connectivity index (χ4n) is 1.53. The normalized spacial score (nSPS) is 18.9. The Balaban J connectivity index is 1.80. The van der Waals surface area contributed by atoms with Crippen LogP contribution in [-0.2, 0) is 9.53 Å². The standard InChI is InChI=1S/C13H17NO4/c1-9(14-13(15)12-8-18-12)7-17-11-6-4-3-5-10(11)16-2/h3-6,9,12H,7-8H2,1-2H3,(H,14,15). The van der Waals surface area contributed by atoms with Gasteiger partial charge in [0.1, 0.15) is 6.61 Å². The Hall–Kier alpha value is -1.75. The van der Waals surface area contributed by atoms with E-state index >= 15 is 0 Å². The van der Waals surface area contributed by atoms with Gasteiger partial charge in [-0.25, -0.2) is 0 Å². The van der Waals surface area contributed by atoms with Crippen molar-refractivity contribution in [2.75, 3.05) is 20.3 Å². The van der Waals surface area contributed by atoms with Crippen LogP contribution in [-0.4, -0.2) is 38.4 Å². The van der Waals surface area contributed by atoms with Crippen molar-refractivity contribution in [1.82, 2.24) is 5.32 Å². The SMILES string of the molecule is COc1ccccc1OCC(C)NC(=O)C1CO1. The van der Waals surface area contributed by atoms with Crippen LogP contribution in [0.15, 0.2) is 24.3 Å². The Morgan fingerprint density at radius 3 is 2.78 bits per heavy atom. The van der Waals surface area contributed by atoms with E-state index in [-0.39, 0.29) is 18.1 Å². The van der Waals surface area contributed by atoms with Gasteiger partial charge in [-0.1, -0.05) is 12.1 Å². The zero-order chi connectivity index (χ0) is 13.0. The first kappa shape index (κ1) is 12.7. The van der Waals surface area contributed by atoms with Crippen LogP contribution in [0.1, 0.15) is 6.92 Å². The molecule has 0 aromatic heterocycles. The van der Waals surface area contributed by atoms with E-state index < -0.39 is 0 Å². The summed E-state index contributed by atoms with van der Waals surface area (Å²) in [4.78, 5) is 11.4. The number of carbonyl (C=O) groups excluding carboxylic acids is 1. The quantitative estimate of drug-likeness (QED) is 0.766. The van der Waals surface area contributed by atoms with E-state index in [0.717, 1.165) is 0 Å². The maximum absolute atomic E-state index is 11.4. The Morgan fingerprint density at radius 1 is 1.50 bits per heavy atom. The molecule has 1 amide bonds. The molecule has 1 aliphatic rings. The van der Waals surface area contributed by atoms with Gasteiger partial charge in [-0.05, 0) is 19.1 Å². The largest absolute Gasteiger partial charge is 0.493 e. The number of epoxide rings is 1. The van der Waals surface area contributed by atoms with Crippen molar-refractivity contribution in [3.05, 3.63) is 24.3 Å². The van der Waals surface area contributed by atoms with Crippen LogP contribution in [0.5, 0.6) is 11.5 Å². The zero-order valence-corrected chi connectivity index (χ0v) is 10.5. The average Bonchev–Trinajstić information content (AvgIpc) is 3.21. The van der Waals surface area contributed by atoms with Gasteiger partial charge in [0.15, 0.2) is 17.6 Å². The van der Waals surface area contributed by atoms with Gasteiger partial charge >= 0.3 is 0 Å². The molecule has 0 bridgehead atoms. The number of nitrogens with one attached hydrogen (secondary N) is 1. The molecule has 5 nitrogen and oxygen atoms in total. The molecule has 1 aromatic rings. The number of hydrogen-bond acceptors (Lipinski definition) is 4. The van der Waals surface area contributed by atoms with Crippen molar-refractivity contribution in [2.24, 2.45) is 0 Å². The maximum Gasteiger partial charge on any atom is 0.251 e. The topological polar surface area (TPSA) is 60.1 Å². The second kappa shape index (κ2) is 5.73. The van der Waals surface area contributed by atoms with Gasteiger partial charge in [0, 0.05) is 0 Å². The molecule has 0 radical (unpaired) electrons. The predicted molar refractivity (Wildman–Crippen MR) is 65.8 cm³/mol. The average molecular weight is 251 g/mol. The van der Waals surface area contributed by atoms with Crippen LogP contribution in [0.3, 0.4) is 0 Å². The van der Waals surface area contributed by atoms with Crippen molar-refractivity contribution >= 4 is 5.91 Å². The molecule has 1 aliphatic heterocycles. The lowest BCUT2D eigenvalue weighted by molar-refractivity contribution is -0.123. The minimum atomic E-state index is -0.265. The number of ether oxygens (including phenoxy) is 3. The van der Waals surface area contributed by atoms with Crippen LogP contribution < -0.4 is 14.8 Å². The molecular weight excluding hydrogens is 234 g/mol. The molecule has 1 aromatic carbocycles. The van der Waals surface area contributed by atoms with E-state index in [1.165, 1.54) is 0 Å². The first-order valence-corrected chi connectivity index (χ1v) is 5.88. The Morgan fingerprint density at radius 2 is 2.17 bits per heavy atom. The maximum atomic E-state index is 11.4. The molecule has 0 saturated carbocycles. The highest BCUT2D eigenvalue weighted by atomic mass is 16.6. The molecule has 18 heavy (non-hydrogen) atoms. The van der Waals surface area contributed by atoms with Crippen LogP contribution in [0.2, 0.25) is 0 Å². The van der Waals surface area contributed by atoms with Crippen LogP contribution >= 0.6 is 0 Å². The number of rotatable bonds is 6. The minimum Gasteiger partial charge on any atom is -0.493 e. The molecular formula is C13H17NO4. The Labute approximate surface area is 106 Å². The van der Waals surface area contributed by atoms with Crippen LogP contribution in [0, 0.1) is 0 Å². The molecule has 5 heteroatoms. The predicted octanol–water partition coefficient (Wildman–Crippen LogP) is 0.977. The van der Waals surface area contributed by atoms with E-state index in [1.54, 1.807) is 7.11 Å². The Kier molecular flexibility index (Phi) is 4.04. The molecule has 1 saturated heterocycles. The van der Waals surface area contributed by atoms with Gasteiger partial charge in [-0.3, -0.25) is 4.79 Å². The fraction of sp³-hybridized carbons (Fsp3) is 0.462. The van der Waals surface area contributed by atoms with Crippen molar-refractivity contribution in [3.63, 3.8) is 0 Å². The van der Waals surface area contributed by atoms with Crippen molar-refractivity contribution < 1.29 is 19.0 Å². The third kappa shape index (κ3) is 3.37. The fourth-order valence-corrected chi connectivity index (χ4v) is 1.53. The molecule has 2 rings (SSSR count). The van der Waals surface area contributed by atoms with E-state index in [1.807, 2.05) is 31.2 Å². The van der Waals surface area contributed by atoms with Gasteiger partial charge in [-0.15, -0.1) is 0 Å². The monoisotopic (exact) mass is 251 g/mol. The summed E-state index contributed by atoms with van der Waals surface area (Å²) in [7, 11) is 1.60. The second-order valence-electron chi connectivity index (χ2n) is 4.19. The van der Waals surface area contributed by atoms with Gasteiger partial charge in [-0.2, -0.15) is 0 Å². The minimum absolute atomic E-state index is 0.0772. The van der Waals surface area contributed by atoms with Crippen LogP contribution in [0.25, 0.3) is 0 Å². The first-order chi connectivity index (χ1) is 8.70. The lowest BCUT2D eigenvalue weighted by Gasteiger charge is -2.15. The van der Waals surface area contributed by atoms with Gasteiger partial charge in [0.2, 0.25) is 0 Å². The molecule has 98 valence electrons. The lowest BCUT2D eigenvalue weighted by Crippen LogP contribution is -2.39. The number of hydrogen-bond donors (Lipinski definition) is 1. The highest BCUT2D eigenvalue weighted by molar-refractivity contribution is 5.83. The highest BCUT2D eigenvalue weighted by Gasteiger charge is 2.31. The molecule has 1 heterocycles. The number of methoxy groups -OCH3 is 1. The van der Waals surface area contributed by atoms with Gasteiger partial charge in [0.25, 0.3) is 5.91 Å². The summed E-state index contributed by atoms with van der Waals surface area (Å²) in [5, 5.41) is 2.82. The van der Waals surface area contributed by atoms with E-state index in [0.29, 0.717) is 24.7 Å². The first-order valence-electron chi connectivity index (χ1n) is 5.88. The summed E-state index contributed by atoms with van der Waals surface area (Å²) < 4.78 is 15.7. The molecule has 0 aliphatic carbocycles. The molecule has 1 N–H and O–H groups in total. The van der Waals surface area contributed by atoms with Crippen LogP contribution in [0.4, 0.5) is 0 Å². The molecule has 2 atom stereocenters. The number of amides is 1. The second-order valence-corrected chi connectivity index (χ2v) is 4.19. The number of para-hydroxylation sites is 2. The molecule has 2 unspecified atom stereocenters. The smallest absolute Gasteiger partial charge is 0.251 e. The highest BCUT2D eigenvalue weighted by Crippen LogP contribution is 2.25. The lowest BCUT2D eigenvalue weighted by atomic mass is 10.3. The zero-order valence-electron chi connectivity index (χ0n) is 10.5. The Bertz CT molecular complexity index is 417. The number of benzene rings is 1. The van der Waals surface area contributed by atoms with E-state index in [9.17, 15) is 4.79 Å². The van der Waals surface area contributed by atoms with Crippen molar-refractivity contribution in [2.45, 2.75) is 19.1 Å². The summed E-state index contributed by atoms with van der Waals surface area (Å²) in [5.41, 5.74) is 0. The van der Waals surface area contributed by atoms with Crippen molar-refractivity contribution in [1.29, 1.82) is 0 Å². The summed E-state index contributed by atoms with van der Waals surface area (Å²) in [6, 6.07) is 7.33. The summed E-state index contributed by atoms with van der Waals surface area (Å²) in [6.07, 6.45) is -0.265. The van der Waals surface area contributed by atoms with Gasteiger partial charge in [0.05, 0.1) is 19.8 Å². The third-order valence-electron chi connectivity index (χ3n) is 2.57. The van der Waals surface area contributed by atoms with Crippen molar-refractivity contribution in [3.8, 4) is 11.5 Å². The summed E-state index contributed by atoms with van der Waals surface area (Å²) in [6.45, 7) is 2.79. The number of carbonyl (C=O) groups is 1. The third-order valence-corrected chi connectivity index (χ3v) is 2.57. The molecule has 1 fully saturated rings. The summed E-state index contributed by atoms with van der Waals surface area (Å²) in [5.74, 6) is 1.27. The molecule has 0 spiro atoms. The van der Waals surface area contributed by atoms with E-state index in [4.69, 9.17) is 14.2 Å². The summed E-state index contributed by atoms with van der Waals surface area (Å²) >= 11 is 0. The van der Waals surface area contributed by atoms with E-state index in [2.05, 4.69) is 5.32 Å². The van der Waals surface area contributed by atoms with Gasteiger partial charge < -0.3 is 19.5 Å².